The molecule has 0 radical (unpaired) electrons. The van der Waals surface area contributed by atoms with Gasteiger partial charge in [0.15, 0.2) is 0 Å². The quantitative estimate of drug-likeness (QED) is 0.160. The number of aldehydes is 1. The van der Waals surface area contributed by atoms with E-state index in [1.807, 2.05) is 97.9 Å². The number of hydrogen-bond donors (Lipinski definition) is 0. The van der Waals surface area contributed by atoms with E-state index in [1.54, 1.807) is 0 Å². The minimum atomic E-state index is -0.948. The number of carbonyl (C=O) groups excluding carboxylic acids is 2. The second kappa shape index (κ2) is 12.2. The second-order valence-corrected chi connectivity index (χ2v) is 10.8. The van der Waals surface area contributed by atoms with Gasteiger partial charge in [-0.2, -0.15) is 0 Å². The van der Waals surface area contributed by atoms with Crippen molar-refractivity contribution in [3.05, 3.63) is 126 Å². The highest BCUT2D eigenvalue weighted by Gasteiger charge is 2.26. The Morgan fingerprint density at radius 2 is 1.29 bits per heavy atom. The third kappa shape index (κ3) is 6.32. The van der Waals surface area contributed by atoms with Crippen LogP contribution in [-0.2, 0) is 9.53 Å². The van der Waals surface area contributed by atoms with E-state index in [0.29, 0.717) is 18.4 Å². The zero-order chi connectivity index (χ0) is 24.5. The summed E-state index contributed by atoms with van der Waals surface area (Å²) in [6, 6.07) is 38.2. The number of hydrogen-bond acceptors (Lipinski definition) is 3. The van der Waals surface area contributed by atoms with Crippen LogP contribution < -0.4 is 15.9 Å². The van der Waals surface area contributed by atoms with Crippen LogP contribution in [0.4, 0.5) is 0 Å². The summed E-state index contributed by atoms with van der Waals surface area (Å²) in [4.78, 5) is 24.7. The van der Waals surface area contributed by atoms with Gasteiger partial charge in [-0.1, -0.05) is 116 Å². The summed E-state index contributed by atoms with van der Waals surface area (Å²) in [5, 5.41) is 3.32. The Labute approximate surface area is 208 Å². The third-order valence-electron chi connectivity index (χ3n) is 5.93. The number of ether oxygens (including phenoxy) is 1. The fraction of sp³-hybridized carbons (Fsp3) is 0.161. The summed E-state index contributed by atoms with van der Waals surface area (Å²) in [6.45, 7) is 2.01. The molecule has 0 aliphatic rings. The van der Waals surface area contributed by atoms with E-state index in [1.165, 1.54) is 10.6 Å². The van der Waals surface area contributed by atoms with Gasteiger partial charge in [-0.25, -0.2) is 4.79 Å². The molecule has 0 bridgehead atoms. The predicted molar refractivity (Wildman–Crippen MR) is 144 cm³/mol. The predicted octanol–water partition coefficient (Wildman–Crippen LogP) is 5.96. The maximum atomic E-state index is 13.7. The van der Waals surface area contributed by atoms with Gasteiger partial charge < -0.3 is 9.53 Å². The molecule has 3 nitrogen and oxygen atoms in total. The summed E-state index contributed by atoms with van der Waals surface area (Å²) in [5.74, 6) is -0.237. The van der Waals surface area contributed by atoms with E-state index in [4.69, 9.17) is 4.74 Å². The molecule has 0 unspecified atom stereocenters. The Bertz CT molecular complexity index is 1190. The molecule has 2 atom stereocenters. The van der Waals surface area contributed by atoms with E-state index in [9.17, 15) is 9.59 Å². The van der Waals surface area contributed by atoms with Crippen molar-refractivity contribution in [1.29, 1.82) is 0 Å². The summed E-state index contributed by atoms with van der Waals surface area (Å²) >= 11 is 0. The maximum absolute atomic E-state index is 13.7. The molecule has 4 aromatic rings. The fourth-order valence-electron chi connectivity index (χ4n) is 4.16. The number of rotatable bonds is 10. The molecule has 4 rings (SSSR count). The number of carbonyl (C=O) groups is 2. The minimum absolute atomic E-state index is 0.103. The molecule has 0 heterocycles. The van der Waals surface area contributed by atoms with Crippen LogP contribution in [0.5, 0.6) is 0 Å². The van der Waals surface area contributed by atoms with Gasteiger partial charge in [0, 0.05) is 6.42 Å². The Hall–Kier alpha value is -3.55. The number of esters is 1. The highest BCUT2D eigenvalue weighted by Crippen LogP contribution is 2.35. The third-order valence-corrected chi connectivity index (χ3v) is 8.43. The molecule has 0 aliphatic heterocycles. The highest BCUT2D eigenvalue weighted by atomic mass is 31.1. The van der Waals surface area contributed by atoms with Crippen molar-refractivity contribution in [1.82, 2.24) is 0 Å². The van der Waals surface area contributed by atoms with Crippen molar-refractivity contribution in [3.63, 3.8) is 0 Å². The molecule has 0 aromatic heterocycles. The van der Waals surface area contributed by atoms with Crippen LogP contribution in [0, 0.1) is 5.92 Å². The lowest BCUT2D eigenvalue weighted by Crippen LogP contribution is -2.26. The molecular formula is C31H29O3P. The molecule has 0 N–H and O–H groups in total. The average Bonchev–Trinajstić information content (AvgIpc) is 2.91. The maximum Gasteiger partial charge on any atom is 0.339 e. The first-order valence-corrected chi connectivity index (χ1v) is 13.2. The summed E-state index contributed by atoms with van der Waals surface area (Å²) < 4.78 is 6.16. The normalized spacial score (nSPS) is 12.6. The average molecular weight is 481 g/mol. The van der Waals surface area contributed by atoms with Gasteiger partial charge in [0.2, 0.25) is 0 Å². The van der Waals surface area contributed by atoms with Gasteiger partial charge >= 0.3 is 5.97 Å². The van der Waals surface area contributed by atoms with Crippen LogP contribution in [-0.4, -0.2) is 12.3 Å². The zero-order valence-electron chi connectivity index (χ0n) is 19.8. The van der Waals surface area contributed by atoms with Crippen molar-refractivity contribution < 1.29 is 14.3 Å². The van der Waals surface area contributed by atoms with Crippen LogP contribution in [0.2, 0.25) is 0 Å². The molecule has 0 amide bonds. The summed E-state index contributed by atoms with van der Waals surface area (Å²) in [6.07, 6.45) is 1.52. The van der Waals surface area contributed by atoms with E-state index in [2.05, 4.69) is 24.3 Å². The van der Waals surface area contributed by atoms with E-state index < -0.39 is 14.0 Å². The highest BCUT2D eigenvalue weighted by molar-refractivity contribution is 7.80. The van der Waals surface area contributed by atoms with E-state index >= 15 is 0 Å². The topological polar surface area (TPSA) is 43.4 Å². The molecular weight excluding hydrogens is 451 g/mol. The van der Waals surface area contributed by atoms with Crippen LogP contribution in [0.15, 0.2) is 115 Å². The molecule has 4 heteroatoms. The number of benzene rings is 4. The lowest BCUT2D eigenvalue weighted by molar-refractivity contribution is -0.108. The standard InChI is InChI=1S/C31H29O3P/c1-24(21-22-32)23-29(25-13-5-2-6-14-25)34-31(33)28-19-11-12-20-30(28)35(26-15-7-3-8-16-26)27-17-9-4-10-18-27/h2-20,22,24,29H,21,23H2,1H3/t24-,29-/m0/s1. The Morgan fingerprint density at radius 1 is 0.771 bits per heavy atom. The minimum Gasteiger partial charge on any atom is -0.454 e. The van der Waals surface area contributed by atoms with Gasteiger partial charge in [-0.3, -0.25) is 0 Å². The van der Waals surface area contributed by atoms with Crippen LogP contribution >= 0.6 is 7.92 Å². The smallest absolute Gasteiger partial charge is 0.339 e. The molecule has 35 heavy (non-hydrogen) atoms. The molecule has 4 aromatic carbocycles. The molecule has 0 spiro atoms. The first-order chi connectivity index (χ1) is 17.2. The van der Waals surface area contributed by atoms with E-state index in [-0.39, 0.29) is 11.9 Å². The molecule has 0 saturated heterocycles. The monoisotopic (exact) mass is 480 g/mol. The van der Waals surface area contributed by atoms with Crippen molar-refractivity contribution in [3.8, 4) is 0 Å². The fourth-order valence-corrected chi connectivity index (χ4v) is 6.60. The first-order valence-electron chi connectivity index (χ1n) is 11.9. The first kappa shape index (κ1) is 24.6. The van der Waals surface area contributed by atoms with Crippen LogP contribution in [0.25, 0.3) is 0 Å². The van der Waals surface area contributed by atoms with Crippen molar-refractivity contribution >= 4 is 36.1 Å². The zero-order valence-corrected chi connectivity index (χ0v) is 20.7. The van der Waals surface area contributed by atoms with Crippen LogP contribution in [0.1, 0.15) is 41.8 Å². The van der Waals surface area contributed by atoms with Crippen molar-refractivity contribution in [2.75, 3.05) is 0 Å². The van der Waals surface area contributed by atoms with Crippen LogP contribution in [0.3, 0.4) is 0 Å². The lowest BCUT2D eigenvalue weighted by atomic mass is 9.96. The molecule has 0 aliphatic carbocycles. The lowest BCUT2D eigenvalue weighted by Gasteiger charge is -2.24. The van der Waals surface area contributed by atoms with Gasteiger partial charge in [-0.15, -0.1) is 0 Å². The van der Waals surface area contributed by atoms with Gasteiger partial charge in [0.25, 0.3) is 0 Å². The molecule has 0 saturated carbocycles. The Morgan fingerprint density at radius 3 is 1.86 bits per heavy atom. The van der Waals surface area contributed by atoms with Gasteiger partial charge in [-0.05, 0) is 47.8 Å². The van der Waals surface area contributed by atoms with Crippen molar-refractivity contribution in [2.45, 2.75) is 25.9 Å². The SMILES string of the molecule is C[C@@H](CC=O)C[C@H](OC(=O)c1ccccc1P(c1ccccc1)c1ccccc1)c1ccccc1. The Balaban J connectivity index is 1.71. The van der Waals surface area contributed by atoms with Gasteiger partial charge in [0.05, 0.1) is 5.56 Å². The summed E-state index contributed by atoms with van der Waals surface area (Å²) in [5.41, 5.74) is 1.51. The van der Waals surface area contributed by atoms with Crippen molar-refractivity contribution in [2.24, 2.45) is 5.92 Å². The largest absolute Gasteiger partial charge is 0.454 e. The van der Waals surface area contributed by atoms with Gasteiger partial charge in [0.1, 0.15) is 12.4 Å². The summed E-state index contributed by atoms with van der Waals surface area (Å²) in [7, 11) is -0.948. The molecule has 176 valence electrons. The second-order valence-electron chi connectivity index (χ2n) is 8.57. The van der Waals surface area contributed by atoms with E-state index in [0.717, 1.165) is 17.2 Å². The Kier molecular flexibility index (Phi) is 8.59. The molecule has 0 fully saturated rings.